The molecule has 7 heteroatoms. The normalized spacial score (nSPS) is 17.7. The lowest BCUT2D eigenvalue weighted by molar-refractivity contribution is 0.183. The molecule has 0 radical (unpaired) electrons. The zero-order valence-corrected chi connectivity index (χ0v) is 14.1. The molecule has 1 aliphatic rings. The molecular weight excluding hydrogens is 318 g/mol. The van der Waals surface area contributed by atoms with Crippen LogP contribution in [0.1, 0.15) is 10.4 Å². The van der Waals surface area contributed by atoms with Crippen molar-refractivity contribution in [2.45, 2.75) is 18.4 Å². The Hall–Kier alpha value is -1.28. The summed E-state index contributed by atoms with van der Waals surface area (Å²) in [6, 6.07) is 5.90. The molecule has 0 bridgehead atoms. The Balaban J connectivity index is 1.67. The third-order valence-electron chi connectivity index (χ3n) is 3.90. The molecule has 0 unspecified atom stereocenters. The van der Waals surface area contributed by atoms with E-state index in [-0.39, 0.29) is 0 Å². The van der Waals surface area contributed by atoms with Gasteiger partial charge < -0.3 is 0 Å². The zero-order valence-electron chi connectivity index (χ0n) is 12.5. The average Bonchev–Trinajstić information content (AvgIpc) is 3.01. The molecule has 3 heterocycles. The van der Waals surface area contributed by atoms with Crippen molar-refractivity contribution in [2.75, 3.05) is 26.2 Å². The van der Waals surface area contributed by atoms with Crippen molar-refractivity contribution in [3.05, 3.63) is 46.4 Å². The van der Waals surface area contributed by atoms with Gasteiger partial charge in [0.1, 0.15) is 4.90 Å². The Bertz CT molecular complexity index is 721. The first-order chi connectivity index (χ1) is 10.6. The van der Waals surface area contributed by atoms with Crippen molar-refractivity contribution in [2.24, 2.45) is 0 Å². The van der Waals surface area contributed by atoms with Gasteiger partial charge in [0.15, 0.2) is 0 Å². The number of hydrogen-bond donors (Lipinski definition) is 0. The van der Waals surface area contributed by atoms with Gasteiger partial charge in [0, 0.05) is 50.0 Å². The Morgan fingerprint density at radius 2 is 2.00 bits per heavy atom. The highest BCUT2D eigenvalue weighted by Gasteiger charge is 2.29. The van der Waals surface area contributed by atoms with Crippen LogP contribution in [0.5, 0.6) is 0 Å². The minimum atomic E-state index is -3.43. The van der Waals surface area contributed by atoms with Crippen LogP contribution in [0.4, 0.5) is 0 Å². The molecule has 0 aliphatic carbocycles. The fraction of sp³-hybridized carbons (Fsp3) is 0.400. The largest absolute Gasteiger partial charge is 0.296 e. The average molecular weight is 337 g/mol. The van der Waals surface area contributed by atoms with Gasteiger partial charge in [-0.05, 0) is 30.0 Å². The molecule has 22 heavy (non-hydrogen) atoms. The number of aromatic nitrogens is 1. The lowest BCUT2D eigenvalue weighted by Crippen LogP contribution is -2.48. The van der Waals surface area contributed by atoms with Crippen LogP contribution in [0.15, 0.2) is 40.9 Å². The lowest BCUT2D eigenvalue weighted by Gasteiger charge is -2.33. The smallest absolute Gasteiger partial charge is 0.244 e. The van der Waals surface area contributed by atoms with E-state index in [0.717, 1.165) is 25.2 Å². The highest BCUT2D eigenvalue weighted by atomic mass is 32.2. The number of piperazine rings is 1. The SMILES string of the molecule is Cc1ccncc1S(=O)(=O)N1CCN(Cc2cccs2)CC1. The van der Waals surface area contributed by atoms with E-state index in [4.69, 9.17) is 0 Å². The van der Waals surface area contributed by atoms with Crippen LogP contribution >= 0.6 is 11.3 Å². The fourth-order valence-electron chi connectivity index (χ4n) is 2.61. The molecule has 1 saturated heterocycles. The Morgan fingerprint density at radius 1 is 1.23 bits per heavy atom. The van der Waals surface area contributed by atoms with Gasteiger partial charge in [-0.3, -0.25) is 9.88 Å². The maximum absolute atomic E-state index is 12.7. The first-order valence-corrected chi connectivity index (χ1v) is 9.55. The lowest BCUT2D eigenvalue weighted by atomic mass is 10.3. The third kappa shape index (κ3) is 3.22. The molecular formula is C15H19N3O2S2. The van der Waals surface area contributed by atoms with E-state index >= 15 is 0 Å². The molecule has 1 aliphatic heterocycles. The number of rotatable bonds is 4. The third-order valence-corrected chi connectivity index (χ3v) is 6.79. The second-order valence-electron chi connectivity index (χ2n) is 5.40. The van der Waals surface area contributed by atoms with Gasteiger partial charge in [-0.1, -0.05) is 6.07 Å². The van der Waals surface area contributed by atoms with E-state index in [1.807, 2.05) is 13.0 Å². The summed E-state index contributed by atoms with van der Waals surface area (Å²) in [5, 5.41) is 2.07. The second kappa shape index (κ2) is 6.45. The number of hydrogen-bond acceptors (Lipinski definition) is 5. The monoisotopic (exact) mass is 337 g/mol. The predicted molar refractivity (Wildman–Crippen MR) is 87.3 cm³/mol. The van der Waals surface area contributed by atoms with Crippen molar-refractivity contribution in [1.29, 1.82) is 0 Å². The van der Waals surface area contributed by atoms with Gasteiger partial charge in [0.25, 0.3) is 0 Å². The maximum atomic E-state index is 12.7. The van der Waals surface area contributed by atoms with Gasteiger partial charge >= 0.3 is 0 Å². The number of aryl methyl sites for hydroxylation is 1. The molecule has 0 saturated carbocycles. The summed E-state index contributed by atoms with van der Waals surface area (Å²) in [4.78, 5) is 7.90. The van der Waals surface area contributed by atoms with Crippen molar-refractivity contribution < 1.29 is 8.42 Å². The molecule has 0 spiro atoms. The summed E-state index contributed by atoms with van der Waals surface area (Å²) in [5.74, 6) is 0. The highest BCUT2D eigenvalue weighted by Crippen LogP contribution is 2.21. The summed E-state index contributed by atoms with van der Waals surface area (Å²) in [7, 11) is -3.43. The summed E-state index contributed by atoms with van der Waals surface area (Å²) in [6.45, 7) is 5.29. The van der Waals surface area contributed by atoms with Gasteiger partial charge in [-0.2, -0.15) is 4.31 Å². The minimum absolute atomic E-state index is 0.321. The number of sulfonamides is 1. The Kier molecular flexibility index (Phi) is 4.58. The molecule has 1 fully saturated rings. The zero-order chi connectivity index (χ0) is 15.6. The number of thiophene rings is 1. The molecule has 0 aromatic carbocycles. The van der Waals surface area contributed by atoms with Crippen LogP contribution in [0.2, 0.25) is 0 Å². The van der Waals surface area contributed by atoms with Gasteiger partial charge in [-0.15, -0.1) is 11.3 Å². The van der Waals surface area contributed by atoms with Crippen LogP contribution in [-0.2, 0) is 16.6 Å². The van der Waals surface area contributed by atoms with Gasteiger partial charge in [-0.25, -0.2) is 8.42 Å². The number of pyridine rings is 1. The molecule has 2 aromatic rings. The van der Waals surface area contributed by atoms with Crippen molar-refractivity contribution in [3.63, 3.8) is 0 Å². The summed E-state index contributed by atoms with van der Waals surface area (Å²) >= 11 is 1.74. The number of nitrogens with zero attached hydrogens (tertiary/aromatic N) is 3. The first-order valence-electron chi connectivity index (χ1n) is 7.23. The second-order valence-corrected chi connectivity index (χ2v) is 8.34. The van der Waals surface area contributed by atoms with Crippen LogP contribution in [0, 0.1) is 6.92 Å². The van der Waals surface area contributed by atoms with Crippen molar-refractivity contribution >= 4 is 21.4 Å². The van der Waals surface area contributed by atoms with Crippen molar-refractivity contribution in [3.8, 4) is 0 Å². The van der Waals surface area contributed by atoms with Crippen LogP contribution in [0.25, 0.3) is 0 Å². The Morgan fingerprint density at radius 3 is 2.64 bits per heavy atom. The van der Waals surface area contributed by atoms with Crippen LogP contribution in [0.3, 0.4) is 0 Å². The molecule has 3 rings (SSSR count). The topological polar surface area (TPSA) is 53.5 Å². The van der Waals surface area contributed by atoms with E-state index in [1.54, 1.807) is 27.9 Å². The van der Waals surface area contributed by atoms with Gasteiger partial charge in [0.2, 0.25) is 10.0 Å². The maximum Gasteiger partial charge on any atom is 0.244 e. The molecule has 0 atom stereocenters. The molecule has 0 amide bonds. The summed E-state index contributed by atoms with van der Waals surface area (Å²) in [5.41, 5.74) is 0.746. The van der Waals surface area contributed by atoms with E-state index in [0.29, 0.717) is 18.0 Å². The highest BCUT2D eigenvalue weighted by molar-refractivity contribution is 7.89. The van der Waals surface area contributed by atoms with E-state index in [1.165, 1.54) is 11.1 Å². The fourth-order valence-corrected chi connectivity index (χ4v) is 4.95. The van der Waals surface area contributed by atoms with E-state index < -0.39 is 10.0 Å². The molecule has 118 valence electrons. The molecule has 0 N–H and O–H groups in total. The standard InChI is InChI=1S/C15H19N3O2S2/c1-13-4-5-16-11-15(13)22(19,20)18-8-6-17(7-9-18)12-14-3-2-10-21-14/h2-5,10-11H,6-9,12H2,1H3. The van der Waals surface area contributed by atoms with E-state index in [9.17, 15) is 8.42 Å². The molecule has 2 aromatic heterocycles. The minimum Gasteiger partial charge on any atom is -0.296 e. The first kappa shape index (κ1) is 15.6. The summed E-state index contributed by atoms with van der Waals surface area (Å²) in [6.07, 6.45) is 3.07. The van der Waals surface area contributed by atoms with Gasteiger partial charge in [0.05, 0.1) is 0 Å². The Labute approximate surface area is 135 Å². The predicted octanol–water partition coefficient (Wildman–Crippen LogP) is 1.96. The summed E-state index contributed by atoms with van der Waals surface area (Å²) < 4.78 is 27.0. The van der Waals surface area contributed by atoms with Crippen molar-refractivity contribution in [1.82, 2.24) is 14.2 Å². The quantitative estimate of drug-likeness (QED) is 0.856. The molecule has 5 nitrogen and oxygen atoms in total. The van der Waals surface area contributed by atoms with Crippen LogP contribution in [-0.4, -0.2) is 48.8 Å². The van der Waals surface area contributed by atoms with E-state index in [2.05, 4.69) is 21.3 Å². The van der Waals surface area contributed by atoms with Crippen LogP contribution < -0.4 is 0 Å².